The van der Waals surface area contributed by atoms with Crippen LogP contribution in [0.5, 0.6) is 0 Å². The highest BCUT2D eigenvalue weighted by atomic mass is 79.9. The van der Waals surface area contributed by atoms with Gasteiger partial charge in [-0.3, -0.25) is 10.1 Å². The van der Waals surface area contributed by atoms with Crippen LogP contribution in [0.4, 0.5) is 14.5 Å². The number of hydrogen-bond donors (Lipinski definition) is 1. The molecule has 8 heteroatoms. The zero-order valence-electron chi connectivity index (χ0n) is 7.28. The van der Waals surface area contributed by atoms with Crippen molar-refractivity contribution in [3.63, 3.8) is 0 Å². The van der Waals surface area contributed by atoms with Gasteiger partial charge in [0, 0.05) is 18.3 Å². The smallest absolute Gasteiger partial charge is 0.306 e. The van der Waals surface area contributed by atoms with Gasteiger partial charge in [0.15, 0.2) is 4.60 Å². The van der Waals surface area contributed by atoms with Crippen LogP contribution >= 0.6 is 15.9 Å². The molecular weight excluding hydrogens is 276 g/mol. The van der Waals surface area contributed by atoms with E-state index in [2.05, 4.69) is 20.9 Å². The van der Waals surface area contributed by atoms with Gasteiger partial charge in [0.2, 0.25) is 0 Å². The minimum Gasteiger partial charge on any atom is -0.326 e. The van der Waals surface area contributed by atoms with Crippen molar-refractivity contribution in [1.29, 1.82) is 0 Å². The van der Waals surface area contributed by atoms with Crippen LogP contribution in [0.3, 0.4) is 0 Å². The molecule has 0 aliphatic carbocycles. The molecule has 82 valence electrons. The van der Waals surface area contributed by atoms with Crippen molar-refractivity contribution in [1.82, 2.24) is 4.98 Å². The first-order valence-corrected chi connectivity index (χ1v) is 4.58. The number of nitro groups is 1. The maximum Gasteiger partial charge on any atom is 0.306 e. The largest absolute Gasteiger partial charge is 0.326 e. The summed E-state index contributed by atoms with van der Waals surface area (Å²) in [7, 11) is 0. The van der Waals surface area contributed by atoms with Crippen LogP contribution in [0.25, 0.3) is 0 Å². The van der Waals surface area contributed by atoms with E-state index >= 15 is 0 Å². The first-order chi connectivity index (χ1) is 6.99. The second-order valence-corrected chi connectivity index (χ2v) is 3.34. The van der Waals surface area contributed by atoms with Crippen LogP contribution in [0.2, 0.25) is 0 Å². The molecule has 1 heterocycles. The Balaban J connectivity index is 3.47. The van der Waals surface area contributed by atoms with Gasteiger partial charge >= 0.3 is 5.69 Å². The molecule has 0 radical (unpaired) electrons. The Labute approximate surface area is 91.6 Å². The van der Waals surface area contributed by atoms with E-state index in [0.29, 0.717) is 0 Å². The van der Waals surface area contributed by atoms with E-state index in [9.17, 15) is 18.9 Å². The minimum atomic E-state index is -2.83. The molecule has 0 aromatic carbocycles. The highest BCUT2D eigenvalue weighted by molar-refractivity contribution is 9.10. The number of rotatable bonds is 3. The molecule has 0 spiro atoms. The molecular formula is C7H6BrF2N3O2. The summed E-state index contributed by atoms with van der Waals surface area (Å²) < 4.78 is 24.8. The average Bonchev–Trinajstić information content (AvgIpc) is 2.15. The molecule has 0 amide bonds. The third kappa shape index (κ3) is 2.26. The lowest BCUT2D eigenvalue weighted by Crippen LogP contribution is -2.08. The zero-order valence-corrected chi connectivity index (χ0v) is 8.87. The Morgan fingerprint density at radius 3 is 2.67 bits per heavy atom. The molecule has 5 nitrogen and oxygen atoms in total. The first kappa shape index (κ1) is 11.9. The monoisotopic (exact) mass is 281 g/mol. The standard InChI is InChI=1S/C7H6BrF2N3O2/c8-6-5(13(14)15)3(1-11)4(2-12-6)7(9)10/h2,7H,1,11H2. The van der Waals surface area contributed by atoms with Gasteiger partial charge in [-0.15, -0.1) is 0 Å². The first-order valence-electron chi connectivity index (χ1n) is 3.79. The summed E-state index contributed by atoms with van der Waals surface area (Å²) >= 11 is 2.82. The summed E-state index contributed by atoms with van der Waals surface area (Å²) in [4.78, 5) is 13.3. The van der Waals surface area contributed by atoms with Gasteiger partial charge < -0.3 is 5.73 Å². The number of aromatic nitrogens is 1. The molecule has 0 saturated heterocycles. The fourth-order valence-corrected chi connectivity index (χ4v) is 1.60. The van der Waals surface area contributed by atoms with Crippen molar-refractivity contribution in [3.8, 4) is 0 Å². The molecule has 0 bridgehead atoms. The van der Waals surface area contributed by atoms with E-state index in [1.54, 1.807) is 0 Å². The van der Waals surface area contributed by atoms with Gasteiger partial charge in [0.1, 0.15) is 0 Å². The third-order valence-corrected chi connectivity index (χ3v) is 2.35. The highest BCUT2D eigenvalue weighted by Gasteiger charge is 2.25. The SMILES string of the molecule is NCc1c(C(F)F)cnc(Br)c1[N+](=O)[O-]. The van der Waals surface area contributed by atoms with Crippen molar-refractivity contribution < 1.29 is 13.7 Å². The van der Waals surface area contributed by atoms with E-state index in [0.717, 1.165) is 6.20 Å². The molecule has 0 fully saturated rings. The molecule has 0 unspecified atom stereocenters. The Hall–Kier alpha value is -1.15. The van der Waals surface area contributed by atoms with Crippen LogP contribution in [-0.4, -0.2) is 9.91 Å². The molecule has 0 atom stereocenters. The topological polar surface area (TPSA) is 82.0 Å². The lowest BCUT2D eigenvalue weighted by molar-refractivity contribution is -0.386. The van der Waals surface area contributed by atoms with E-state index < -0.39 is 22.6 Å². The van der Waals surface area contributed by atoms with Gasteiger partial charge in [0.05, 0.1) is 10.5 Å². The highest BCUT2D eigenvalue weighted by Crippen LogP contribution is 2.33. The summed E-state index contributed by atoms with van der Waals surface area (Å²) in [6.45, 7) is -0.336. The van der Waals surface area contributed by atoms with Gasteiger partial charge in [-0.05, 0) is 15.9 Å². The Kier molecular flexibility index (Phi) is 3.64. The van der Waals surface area contributed by atoms with Crippen molar-refractivity contribution >= 4 is 21.6 Å². The quantitative estimate of drug-likeness (QED) is 0.523. The molecule has 0 aliphatic heterocycles. The van der Waals surface area contributed by atoms with Crippen LogP contribution < -0.4 is 5.73 Å². The normalized spacial score (nSPS) is 10.7. The second kappa shape index (κ2) is 4.58. The van der Waals surface area contributed by atoms with Gasteiger partial charge in [-0.1, -0.05) is 0 Å². The second-order valence-electron chi connectivity index (χ2n) is 2.59. The maximum atomic E-state index is 12.5. The summed E-state index contributed by atoms with van der Waals surface area (Å²) in [6, 6.07) is 0. The summed E-state index contributed by atoms with van der Waals surface area (Å²) in [5.74, 6) is 0. The number of pyridine rings is 1. The number of alkyl halides is 2. The Morgan fingerprint density at radius 1 is 1.67 bits per heavy atom. The number of halogens is 3. The van der Waals surface area contributed by atoms with Crippen molar-refractivity contribution in [3.05, 3.63) is 32.0 Å². The molecule has 15 heavy (non-hydrogen) atoms. The summed E-state index contributed by atoms with van der Waals surface area (Å²) in [5, 5.41) is 10.6. The lowest BCUT2D eigenvalue weighted by Gasteiger charge is -2.07. The predicted molar refractivity (Wildman–Crippen MR) is 51.4 cm³/mol. The predicted octanol–water partition coefficient (Wildman–Crippen LogP) is 2.15. The number of nitrogens with two attached hydrogens (primary N) is 1. The van der Waals surface area contributed by atoms with E-state index in [1.807, 2.05) is 0 Å². The Morgan fingerprint density at radius 2 is 2.27 bits per heavy atom. The fraction of sp³-hybridized carbons (Fsp3) is 0.286. The van der Waals surface area contributed by atoms with Gasteiger partial charge in [-0.2, -0.15) is 0 Å². The zero-order chi connectivity index (χ0) is 11.6. The molecule has 1 rings (SSSR count). The molecule has 2 N–H and O–H groups in total. The molecule has 1 aromatic heterocycles. The number of hydrogen-bond acceptors (Lipinski definition) is 4. The maximum absolute atomic E-state index is 12.5. The van der Waals surface area contributed by atoms with Crippen molar-refractivity contribution in [2.75, 3.05) is 0 Å². The average molecular weight is 282 g/mol. The molecule has 1 aromatic rings. The Bertz CT molecular complexity index is 400. The van der Waals surface area contributed by atoms with E-state index in [-0.39, 0.29) is 16.7 Å². The van der Waals surface area contributed by atoms with Crippen LogP contribution in [-0.2, 0) is 6.54 Å². The van der Waals surface area contributed by atoms with E-state index in [1.165, 1.54) is 0 Å². The van der Waals surface area contributed by atoms with Crippen LogP contribution in [0, 0.1) is 10.1 Å². The number of nitrogens with zero attached hydrogens (tertiary/aromatic N) is 2. The lowest BCUT2D eigenvalue weighted by atomic mass is 10.1. The molecule has 0 aliphatic rings. The minimum absolute atomic E-state index is 0.0997. The van der Waals surface area contributed by atoms with Crippen molar-refractivity contribution in [2.24, 2.45) is 5.73 Å². The summed E-state index contributed by atoms with van der Waals surface area (Å²) in [6.07, 6.45) is -1.95. The summed E-state index contributed by atoms with van der Waals surface area (Å²) in [5.41, 5.74) is 4.00. The third-order valence-electron chi connectivity index (χ3n) is 1.77. The van der Waals surface area contributed by atoms with Crippen LogP contribution in [0.15, 0.2) is 10.8 Å². The fourth-order valence-electron chi connectivity index (χ4n) is 1.11. The molecule has 0 saturated carbocycles. The van der Waals surface area contributed by atoms with Gasteiger partial charge in [-0.25, -0.2) is 13.8 Å². The van der Waals surface area contributed by atoms with Crippen LogP contribution in [0.1, 0.15) is 17.6 Å². The van der Waals surface area contributed by atoms with Gasteiger partial charge in [0.25, 0.3) is 6.43 Å². The van der Waals surface area contributed by atoms with Crippen molar-refractivity contribution in [2.45, 2.75) is 13.0 Å². The van der Waals surface area contributed by atoms with E-state index in [4.69, 9.17) is 5.73 Å².